The van der Waals surface area contributed by atoms with Gasteiger partial charge in [0, 0.05) is 23.7 Å². The van der Waals surface area contributed by atoms with Gasteiger partial charge in [-0.15, -0.1) is 0 Å². The summed E-state index contributed by atoms with van der Waals surface area (Å²) in [4.78, 5) is 15.2. The SMILES string of the molecule is COc1ccc(-c2cc3c(cc2F)C(NC(=O)O[C@@H]2CN4CCC2CC4)C(C)(C)C3)c(OC)c1. The molecule has 3 fully saturated rings. The lowest BCUT2D eigenvalue weighted by Crippen LogP contribution is -2.53. The summed E-state index contributed by atoms with van der Waals surface area (Å²) in [6.45, 7) is 7.19. The molecule has 7 heteroatoms. The number of methoxy groups -OCH3 is 2. The van der Waals surface area contributed by atoms with Crippen LogP contribution in [0.25, 0.3) is 11.1 Å². The van der Waals surface area contributed by atoms with Gasteiger partial charge < -0.3 is 19.5 Å². The van der Waals surface area contributed by atoms with Crippen LogP contribution >= 0.6 is 0 Å². The number of amides is 1. The van der Waals surface area contributed by atoms with Crippen LogP contribution < -0.4 is 14.8 Å². The standard InChI is InChI=1S/C27H33FN2O4/c1-27(2)14-17-11-21(19-6-5-18(32-3)12-23(19)33-4)22(28)13-20(17)25(27)29-26(31)34-24-15-30-9-7-16(24)8-10-30/h5-6,11-13,16,24-25H,7-10,14-15H2,1-4H3,(H,29,31)/t24-,25?/m1/s1. The number of piperidine rings is 3. The largest absolute Gasteiger partial charge is 0.497 e. The highest BCUT2D eigenvalue weighted by Gasteiger charge is 2.42. The Balaban J connectivity index is 1.39. The maximum absolute atomic E-state index is 15.4. The van der Waals surface area contributed by atoms with Gasteiger partial charge in [-0.1, -0.05) is 13.8 Å². The third-order valence-corrected chi connectivity index (χ3v) is 7.78. The highest BCUT2D eigenvalue weighted by Crippen LogP contribution is 2.48. The fraction of sp³-hybridized carbons (Fsp3) is 0.519. The van der Waals surface area contributed by atoms with Crippen LogP contribution in [0.1, 0.15) is 43.9 Å². The average molecular weight is 469 g/mol. The summed E-state index contributed by atoms with van der Waals surface area (Å²) in [5, 5.41) is 3.07. The molecule has 182 valence electrons. The highest BCUT2D eigenvalue weighted by molar-refractivity contribution is 5.74. The molecule has 0 aromatic heterocycles. The van der Waals surface area contributed by atoms with E-state index in [1.807, 2.05) is 12.1 Å². The van der Waals surface area contributed by atoms with Gasteiger partial charge in [-0.3, -0.25) is 4.90 Å². The van der Waals surface area contributed by atoms with E-state index in [0.29, 0.717) is 28.5 Å². The number of nitrogens with zero attached hydrogens (tertiary/aromatic N) is 1. The molecule has 0 radical (unpaired) electrons. The van der Waals surface area contributed by atoms with Crippen molar-refractivity contribution in [2.75, 3.05) is 33.9 Å². The van der Waals surface area contributed by atoms with E-state index in [0.717, 1.165) is 50.0 Å². The van der Waals surface area contributed by atoms with E-state index in [1.54, 1.807) is 32.4 Å². The fourth-order valence-corrected chi connectivity index (χ4v) is 5.90. The van der Waals surface area contributed by atoms with Crippen molar-refractivity contribution in [1.82, 2.24) is 10.2 Å². The van der Waals surface area contributed by atoms with Gasteiger partial charge in [0.2, 0.25) is 0 Å². The van der Waals surface area contributed by atoms with E-state index in [2.05, 4.69) is 24.1 Å². The average Bonchev–Trinajstić information content (AvgIpc) is 3.07. The number of fused-ring (bicyclic) bond motifs is 4. The maximum Gasteiger partial charge on any atom is 0.407 e. The van der Waals surface area contributed by atoms with Crippen molar-refractivity contribution in [3.63, 3.8) is 0 Å². The molecule has 2 bridgehead atoms. The molecule has 3 heterocycles. The first-order chi connectivity index (χ1) is 16.3. The topological polar surface area (TPSA) is 60.0 Å². The number of carbonyl (C=O) groups excluding carboxylic acids is 1. The van der Waals surface area contributed by atoms with Crippen LogP contribution in [-0.2, 0) is 11.2 Å². The van der Waals surface area contributed by atoms with Crippen LogP contribution in [0.5, 0.6) is 11.5 Å². The summed E-state index contributed by atoms with van der Waals surface area (Å²) >= 11 is 0. The minimum Gasteiger partial charge on any atom is -0.497 e. The number of hydrogen-bond donors (Lipinski definition) is 1. The molecule has 3 saturated heterocycles. The number of benzene rings is 2. The Morgan fingerprint density at radius 2 is 1.85 bits per heavy atom. The van der Waals surface area contributed by atoms with E-state index >= 15 is 4.39 Å². The first kappa shape index (κ1) is 23.0. The van der Waals surface area contributed by atoms with Gasteiger partial charge in [0.15, 0.2) is 0 Å². The Bertz CT molecular complexity index is 1090. The third kappa shape index (κ3) is 4.11. The molecule has 3 aliphatic heterocycles. The van der Waals surface area contributed by atoms with Crippen LogP contribution in [0, 0.1) is 17.2 Å². The lowest BCUT2D eigenvalue weighted by molar-refractivity contribution is -0.0349. The molecular formula is C27H33FN2O4. The highest BCUT2D eigenvalue weighted by atomic mass is 19.1. The zero-order valence-corrected chi connectivity index (χ0v) is 20.3. The summed E-state index contributed by atoms with van der Waals surface area (Å²) in [7, 11) is 3.15. The molecule has 4 aliphatic rings. The van der Waals surface area contributed by atoms with Crippen LogP contribution in [0.2, 0.25) is 0 Å². The summed E-state index contributed by atoms with van der Waals surface area (Å²) in [6, 6.07) is 8.48. The summed E-state index contributed by atoms with van der Waals surface area (Å²) in [5.74, 6) is 1.29. The van der Waals surface area contributed by atoms with Crippen LogP contribution in [0.3, 0.4) is 0 Å². The normalized spacial score (nSPS) is 26.6. The molecule has 1 unspecified atom stereocenters. The maximum atomic E-state index is 15.4. The molecule has 0 spiro atoms. The van der Waals surface area contributed by atoms with Crippen LogP contribution in [-0.4, -0.2) is 51.0 Å². The molecule has 2 aromatic rings. The molecular weight excluding hydrogens is 435 g/mol. The lowest BCUT2D eigenvalue weighted by Gasteiger charge is -2.44. The monoisotopic (exact) mass is 468 g/mol. The summed E-state index contributed by atoms with van der Waals surface area (Å²) in [6.07, 6.45) is 2.41. The number of alkyl carbamates (subject to hydrolysis) is 1. The predicted octanol–water partition coefficient (Wildman–Crippen LogP) is 4.95. The molecule has 2 atom stereocenters. The summed E-state index contributed by atoms with van der Waals surface area (Å²) < 4.78 is 32.1. The van der Waals surface area contributed by atoms with E-state index in [1.165, 1.54) is 0 Å². The molecule has 2 aromatic carbocycles. The van der Waals surface area contributed by atoms with Crippen molar-refractivity contribution >= 4 is 6.09 Å². The first-order valence-corrected chi connectivity index (χ1v) is 12.0. The second kappa shape index (κ2) is 8.77. The number of hydrogen-bond acceptors (Lipinski definition) is 5. The van der Waals surface area contributed by atoms with E-state index in [-0.39, 0.29) is 23.4 Å². The van der Waals surface area contributed by atoms with Crippen LogP contribution in [0.4, 0.5) is 9.18 Å². The summed E-state index contributed by atoms with van der Waals surface area (Å²) in [5.41, 5.74) is 2.70. The fourth-order valence-electron chi connectivity index (χ4n) is 5.90. The van der Waals surface area contributed by atoms with Crippen molar-refractivity contribution in [1.29, 1.82) is 0 Å². The van der Waals surface area contributed by atoms with Gasteiger partial charge in [0.1, 0.15) is 23.4 Å². The minimum absolute atomic E-state index is 0.0619. The van der Waals surface area contributed by atoms with Crippen molar-refractivity contribution < 1.29 is 23.4 Å². The Hall–Kier alpha value is -2.80. The number of carbonyl (C=O) groups is 1. The van der Waals surface area contributed by atoms with Gasteiger partial charge in [0.25, 0.3) is 0 Å². The Morgan fingerprint density at radius 1 is 1.09 bits per heavy atom. The van der Waals surface area contributed by atoms with Crippen molar-refractivity contribution in [3.05, 3.63) is 47.3 Å². The number of nitrogens with one attached hydrogen (secondary N) is 1. The van der Waals surface area contributed by atoms with Crippen LogP contribution in [0.15, 0.2) is 30.3 Å². The Morgan fingerprint density at radius 3 is 2.50 bits per heavy atom. The molecule has 34 heavy (non-hydrogen) atoms. The van der Waals surface area contributed by atoms with Gasteiger partial charge in [-0.05, 0) is 79.1 Å². The molecule has 6 rings (SSSR count). The van der Waals surface area contributed by atoms with E-state index < -0.39 is 6.09 Å². The number of halogens is 1. The molecule has 1 N–H and O–H groups in total. The molecule has 1 amide bonds. The van der Waals surface area contributed by atoms with E-state index in [9.17, 15) is 4.79 Å². The minimum atomic E-state index is -0.411. The third-order valence-electron chi connectivity index (χ3n) is 7.78. The van der Waals surface area contributed by atoms with E-state index in [4.69, 9.17) is 14.2 Å². The molecule has 6 nitrogen and oxygen atoms in total. The van der Waals surface area contributed by atoms with Crippen molar-refractivity contribution in [3.8, 4) is 22.6 Å². The zero-order chi connectivity index (χ0) is 24.0. The quantitative estimate of drug-likeness (QED) is 0.673. The van der Waals surface area contributed by atoms with Gasteiger partial charge in [-0.25, -0.2) is 9.18 Å². The zero-order valence-electron chi connectivity index (χ0n) is 20.3. The molecule has 0 saturated carbocycles. The lowest BCUT2D eigenvalue weighted by atomic mass is 9.85. The van der Waals surface area contributed by atoms with Gasteiger partial charge >= 0.3 is 6.09 Å². The van der Waals surface area contributed by atoms with Crippen molar-refractivity contribution in [2.45, 2.75) is 45.3 Å². The predicted molar refractivity (Wildman–Crippen MR) is 128 cm³/mol. The second-order valence-electron chi connectivity index (χ2n) is 10.4. The number of rotatable bonds is 5. The Kier molecular flexibility index (Phi) is 5.92. The second-order valence-corrected chi connectivity index (χ2v) is 10.4. The molecule has 1 aliphatic carbocycles. The number of ether oxygens (including phenoxy) is 3. The van der Waals surface area contributed by atoms with Gasteiger partial charge in [-0.2, -0.15) is 0 Å². The van der Waals surface area contributed by atoms with Crippen molar-refractivity contribution in [2.24, 2.45) is 11.3 Å². The first-order valence-electron chi connectivity index (χ1n) is 12.0. The smallest absolute Gasteiger partial charge is 0.407 e. The van der Waals surface area contributed by atoms with Gasteiger partial charge in [0.05, 0.1) is 20.3 Å². The Labute approximate surface area is 200 Å².